The minimum absolute atomic E-state index is 0.0424. The molecule has 0 bridgehead atoms. The molecular formula is C16H21N5O2. The van der Waals surface area contributed by atoms with Crippen molar-refractivity contribution in [3.05, 3.63) is 30.6 Å². The van der Waals surface area contributed by atoms with Crippen molar-refractivity contribution >= 4 is 5.91 Å². The molecule has 1 N–H and O–H groups in total. The van der Waals surface area contributed by atoms with Gasteiger partial charge in [-0.25, -0.2) is 4.68 Å². The second kappa shape index (κ2) is 7.71. The van der Waals surface area contributed by atoms with E-state index < -0.39 is 0 Å². The van der Waals surface area contributed by atoms with Gasteiger partial charge in [0.25, 0.3) is 5.91 Å². The Kier molecular flexibility index (Phi) is 5.18. The minimum Gasteiger partial charge on any atom is -0.484 e. The Balaban J connectivity index is 1.47. The third-order valence-electron chi connectivity index (χ3n) is 4.04. The average Bonchev–Trinajstić information content (AvgIpc) is 2.99. The molecule has 2 aromatic rings. The number of nitrogens with one attached hydrogen (secondary N) is 1. The molecule has 23 heavy (non-hydrogen) atoms. The predicted molar refractivity (Wildman–Crippen MR) is 84.3 cm³/mol. The summed E-state index contributed by atoms with van der Waals surface area (Å²) in [4.78, 5) is 12.0. The lowest BCUT2D eigenvalue weighted by molar-refractivity contribution is -0.123. The van der Waals surface area contributed by atoms with Gasteiger partial charge in [0.05, 0.1) is 5.69 Å². The predicted octanol–water partition coefficient (Wildman–Crippen LogP) is 1.88. The summed E-state index contributed by atoms with van der Waals surface area (Å²) in [5.74, 6) is 0.597. The lowest BCUT2D eigenvalue weighted by atomic mass is 10.1. The summed E-state index contributed by atoms with van der Waals surface area (Å²) >= 11 is 0. The third-order valence-corrected chi connectivity index (χ3v) is 4.04. The van der Waals surface area contributed by atoms with E-state index in [9.17, 15) is 4.79 Å². The van der Waals surface area contributed by atoms with Crippen LogP contribution in [0, 0.1) is 0 Å². The van der Waals surface area contributed by atoms with Crippen LogP contribution in [0.25, 0.3) is 5.69 Å². The molecular weight excluding hydrogens is 294 g/mol. The van der Waals surface area contributed by atoms with E-state index >= 15 is 0 Å². The fourth-order valence-electron chi connectivity index (χ4n) is 2.82. The maximum atomic E-state index is 12.0. The summed E-state index contributed by atoms with van der Waals surface area (Å²) in [6.45, 7) is 0.0424. The fourth-order valence-corrected chi connectivity index (χ4v) is 2.82. The molecule has 1 aromatic heterocycles. The number of nitrogens with zero attached hydrogens (tertiary/aromatic N) is 4. The summed E-state index contributed by atoms with van der Waals surface area (Å²) in [6, 6.07) is 7.59. The van der Waals surface area contributed by atoms with Crippen molar-refractivity contribution in [1.29, 1.82) is 0 Å². The molecule has 0 spiro atoms. The van der Waals surface area contributed by atoms with Crippen LogP contribution in [-0.4, -0.2) is 38.8 Å². The topological polar surface area (TPSA) is 81.9 Å². The van der Waals surface area contributed by atoms with Crippen molar-refractivity contribution in [3.8, 4) is 11.4 Å². The van der Waals surface area contributed by atoms with Crippen LogP contribution < -0.4 is 10.1 Å². The van der Waals surface area contributed by atoms with Gasteiger partial charge in [0.2, 0.25) is 0 Å². The van der Waals surface area contributed by atoms with Crippen LogP contribution in [0.3, 0.4) is 0 Å². The van der Waals surface area contributed by atoms with Crippen LogP contribution in [0.1, 0.15) is 38.5 Å². The molecule has 1 aromatic carbocycles. The van der Waals surface area contributed by atoms with E-state index in [0.717, 1.165) is 18.5 Å². The van der Waals surface area contributed by atoms with Crippen molar-refractivity contribution in [3.63, 3.8) is 0 Å². The first kappa shape index (κ1) is 15.5. The Morgan fingerprint density at radius 1 is 1.17 bits per heavy atom. The first-order chi connectivity index (χ1) is 11.3. The zero-order valence-electron chi connectivity index (χ0n) is 13.0. The molecule has 0 radical (unpaired) electrons. The highest BCUT2D eigenvalue weighted by molar-refractivity contribution is 5.77. The second-order valence-electron chi connectivity index (χ2n) is 5.79. The summed E-state index contributed by atoms with van der Waals surface area (Å²) in [5, 5.41) is 14.1. The standard InChI is InChI=1S/C16H21N5O2/c22-16(18-13-5-3-1-2-4-6-13)11-23-15-9-7-14(8-10-15)21-12-17-19-20-21/h7-10,12-13H,1-6,11H2,(H,18,22). The van der Waals surface area contributed by atoms with Crippen LogP contribution in [0.2, 0.25) is 0 Å². The number of ether oxygens (including phenoxy) is 1. The summed E-state index contributed by atoms with van der Waals surface area (Å²) < 4.78 is 7.10. The Morgan fingerprint density at radius 3 is 2.57 bits per heavy atom. The van der Waals surface area contributed by atoms with E-state index in [4.69, 9.17) is 4.74 Å². The Bertz CT molecular complexity index is 604. The van der Waals surface area contributed by atoms with E-state index in [1.807, 2.05) is 12.1 Å². The quantitative estimate of drug-likeness (QED) is 0.852. The smallest absolute Gasteiger partial charge is 0.258 e. The molecule has 1 fully saturated rings. The van der Waals surface area contributed by atoms with E-state index in [2.05, 4.69) is 20.8 Å². The van der Waals surface area contributed by atoms with Gasteiger partial charge in [-0.1, -0.05) is 25.7 Å². The molecule has 1 saturated carbocycles. The van der Waals surface area contributed by atoms with Gasteiger partial charge in [-0.3, -0.25) is 4.79 Å². The molecule has 122 valence electrons. The third kappa shape index (κ3) is 4.51. The lowest BCUT2D eigenvalue weighted by Crippen LogP contribution is -2.37. The van der Waals surface area contributed by atoms with Crippen molar-refractivity contribution in [2.75, 3.05) is 6.61 Å². The normalized spacial score (nSPS) is 15.8. The number of aromatic nitrogens is 4. The van der Waals surface area contributed by atoms with Crippen molar-refractivity contribution < 1.29 is 9.53 Å². The van der Waals surface area contributed by atoms with Gasteiger partial charge in [-0.2, -0.15) is 0 Å². The number of tetrazole rings is 1. The van der Waals surface area contributed by atoms with Crippen LogP contribution in [-0.2, 0) is 4.79 Å². The molecule has 7 nitrogen and oxygen atoms in total. The summed E-state index contributed by atoms with van der Waals surface area (Å²) in [5.41, 5.74) is 0.838. The molecule has 0 aliphatic heterocycles. The van der Waals surface area contributed by atoms with E-state index in [1.165, 1.54) is 32.0 Å². The number of hydrogen-bond acceptors (Lipinski definition) is 5. The average molecular weight is 315 g/mol. The highest BCUT2D eigenvalue weighted by Gasteiger charge is 2.14. The Morgan fingerprint density at radius 2 is 1.91 bits per heavy atom. The Labute approximate surface area is 135 Å². The number of hydrogen-bond donors (Lipinski definition) is 1. The van der Waals surface area contributed by atoms with Crippen LogP contribution in [0.15, 0.2) is 30.6 Å². The molecule has 1 aliphatic rings. The maximum absolute atomic E-state index is 12.0. The molecule has 7 heteroatoms. The molecule has 1 aliphatic carbocycles. The van der Waals surface area contributed by atoms with Crippen LogP contribution in [0.4, 0.5) is 0 Å². The van der Waals surface area contributed by atoms with Gasteiger partial charge in [0.1, 0.15) is 12.1 Å². The SMILES string of the molecule is O=C(COc1ccc(-n2cnnn2)cc1)NC1CCCCCC1. The second-order valence-corrected chi connectivity index (χ2v) is 5.79. The molecule has 0 unspecified atom stereocenters. The van der Waals surface area contributed by atoms with Crippen LogP contribution >= 0.6 is 0 Å². The summed E-state index contributed by atoms with van der Waals surface area (Å²) in [6.07, 6.45) is 8.62. The van der Waals surface area contributed by atoms with Gasteiger partial charge >= 0.3 is 0 Å². The first-order valence-corrected chi connectivity index (χ1v) is 8.07. The van der Waals surface area contributed by atoms with Crippen molar-refractivity contribution in [1.82, 2.24) is 25.5 Å². The maximum Gasteiger partial charge on any atom is 0.258 e. The number of benzene rings is 1. The van der Waals surface area contributed by atoms with Crippen molar-refractivity contribution in [2.24, 2.45) is 0 Å². The van der Waals surface area contributed by atoms with Gasteiger partial charge in [-0.05, 0) is 47.5 Å². The van der Waals surface area contributed by atoms with Gasteiger partial charge in [-0.15, -0.1) is 5.10 Å². The minimum atomic E-state index is -0.0542. The van der Waals surface area contributed by atoms with Gasteiger partial charge in [0.15, 0.2) is 6.61 Å². The molecule has 3 rings (SSSR count). The zero-order chi connectivity index (χ0) is 15.9. The zero-order valence-corrected chi connectivity index (χ0v) is 13.0. The first-order valence-electron chi connectivity index (χ1n) is 8.07. The van der Waals surface area contributed by atoms with Gasteiger partial charge < -0.3 is 10.1 Å². The van der Waals surface area contributed by atoms with Crippen molar-refractivity contribution in [2.45, 2.75) is 44.6 Å². The Hall–Kier alpha value is -2.44. The largest absolute Gasteiger partial charge is 0.484 e. The highest BCUT2D eigenvalue weighted by atomic mass is 16.5. The monoisotopic (exact) mass is 315 g/mol. The van der Waals surface area contributed by atoms with E-state index in [-0.39, 0.29) is 12.5 Å². The number of carbonyl (C=O) groups excluding carboxylic acids is 1. The number of rotatable bonds is 5. The van der Waals surface area contributed by atoms with E-state index in [0.29, 0.717) is 11.8 Å². The summed E-state index contributed by atoms with van der Waals surface area (Å²) in [7, 11) is 0. The molecule has 0 atom stereocenters. The van der Waals surface area contributed by atoms with Gasteiger partial charge in [0, 0.05) is 6.04 Å². The van der Waals surface area contributed by atoms with E-state index in [1.54, 1.807) is 16.8 Å². The fraction of sp³-hybridized carbons (Fsp3) is 0.500. The lowest BCUT2D eigenvalue weighted by Gasteiger charge is -2.16. The number of amides is 1. The molecule has 1 heterocycles. The number of carbonyl (C=O) groups is 1. The van der Waals surface area contributed by atoms with Crippen LogP contribution in [0.5, 0.6) is 5.75 Å². The molecule has 0 saturated heterocycles. The molecule has 1 amide bonds. The highest BCUT2D eigenvalue weighted by Crippen LogP contribution is 2.17.